The van der Waals surface area contributed by atoms with Crippen LogP contribution < -0.4 is 27.4 Å². The summed E-state index contributed by atoms with van der Waals surface area (Å²) in [5.41, 5.74) is 0. The minimum Gasteiger partial charge on any atom is -0.428 e. The number of benzene rings is 6. The molecule has 256 valence electrons. The maximum atomic E-state index is 6.93. The molecule has 0 aliphatic carbocycles. The van der Waals surface area contributed by atoms with Crippen LogP contribution in [0.25, 0.3) is 0 Å². The van der Waals surface area contributed by atoms with Gasteiger partial charge >= 0.3 is 29.1 Å². The molecule has 0 saturated carbocycles. The highest BCUT2D eigenvalue weighted by molar-refractivity contribution is 7.69. The van der Waals surface area contributed by atoms with Gasteiger partial charge in [-0.05, 0) is 84.5 Å². The van der Waals surface area contributed by atoms with Crippen LogP contribution in [0.1, 0.15) is 6.92 Å². The first-order valence-corrected chi connectivity index (χ1v) is 20.7. The average molecular weight is 735 g/mol. The Hall–Kier alpha value is -5.32. The number of hydrogen-bond acceptors (Lipinski definition) is 9. The summed E-state index contributed by atoms with van der Waals surface area (Å²) < 4.78 is 57.0. The Kier molecular flexibility index (Phi) is 10.8. The largest absolute Gasteiger partial charge is 0.492 e. The molecule has 0 aromatic heterocycles. The van der Waals surface area contributed by atoms with Crippen LogP contribution >= 0.6 is 23.1 Å². The highest BCUT2D eigenvalue weighted by atomic mass is 31.2. The van der Waals surface area contributed by atoms with Crippen molar-refractivity contribution in [3.8, 4) is 34.5 Å². The summed E-state index contributed by atoms with van der Waals surface area (Å²) in [7, 11) is -9.39. The van der Waals surface area contributed by atoms with Gasteiger partial charge in [0.1, 0.15) is 28.7 Å². The highest BCUT2D eigenvalue weighted by Crippen LogP contribution is 2.70. The second-order valence-corrected chi connectivity index (χ2v) is 17.1. The van der Waals surface area contributed by atoms with Gasteiger partial charge in [-0.25, -0.2) is 0 Å². The Balaban J connectivity index is 1.53. The molecular weight excluding hydrogens is 699 g/mol. The van der Waals surface area contributed by atoms with Gasteiger partial charge in [-0.3, -0.25) is 4.52 Å². The summed E-state index contributed by atoms with van der Waals surface area (Å²) >= 11 is 0. The maximum absolute atomic E-state index is 6.93. The zero-order chi connectivity index (χ0) is 34.8. The lowest BCUT2D eigenvalue weighted by atomic mass is 10.3. The number of para-hydroxylation sites is 6. The summed E-state index contributed by atoms with van der Waals surface area (Å²) in [6.07, 6.45) is 0. The van der Waals surface area contributed by atoms with Gasteiger partial charge in [-0.1, -0.05) is 109 Å². The maximum Gasteiger partial charge on any atom is 0.492 e. The third-order valence-electron chi connectivity index (χ3n) is 7.25. The van der Waals surface area contributed by atoms with Crippen molar-refractivity contribution >= 4 is 23.1 Å². The van der Waals surface area contributed by atoms with Crippen molar-refractivity contribution < 1.29 is 27.4 Å². The average Bonchev–Trinajstić information content (AvgIpc) is 3.16. The van der Waals surface area contributed by atoms with Crippen LogP contribution in [0.2, 0.25) is 0 Å². The molecule has 3 unspecified atom stereocenters. The van der Waals surface area contributed by atoms with Gasteiger partial charge in [0.25, 0.3) is 0 Å². The molecule has 1 aliphatic heterocycles. The van der Waals surface area contributed by atoms with Crippen molar-refractivity contribution in [1.29, 1.82) is 0 Å². The standard InChI is InChI=1S/C39H35N3O6P3/c1-32-40-49(44-34-22-10-3-11-23-34)39(43-33-20-8-2-9-21-33)41-51(47-37-28-16-6-17-29-37,48-38-30-18-7-19-31-38)42-50(32,45-35-24-12-4-13-25-35)46-36-26-14-5-15-27-36/h2-32,39H,1H3/q+1. The van der Waals surface area contributed by atoms with Crippen LogP contribution in [0, 0.1) is 0 Å². The van der Waals surface area contributed by atoms with Crippen molar-refractivity contribution in [2.75, 3.05) is 0 Å². The molecule has 0 fully saturated rings. The molecule has 1 heterocycles. The van der Waals surface area contributed by atoms with E-state index >= 15 is 0 Å². The number of ether oxygens (including phenoxy) is 1. The normalized spacial score (nSPS) is 18.2. The molecule has 0 bridgehead atoms. The summed E-state index contributed by atoms with van der Waals surface area (Å²) in [4.78, 5) is 0. The van der Waals surface area contributed by atoms with Gasteiger partial charge in [0.05, 0.1) is 0 Å². The van der Waals surface area contributed by atoms with E-state index in [1.165, 1.54) is 0 Å². The van der Waals surface area contributed by atoms with Crippen LogP contribution in [-0.4, -0.2) is 11.8 Å². The van der Waals surface area contributed by atoms with Gasteiger partial charge in [0.2, 0.25) is 0 Å². The van der Waals surface area contributed by atoms with E-state index in [0.29, 0.717) is 34.5 Å². The van der Waals surface area contributed by atoms with Gasteiger partial charge in [0, 0.05) is 0 Å². The smallest absolute Gasteiger partial charge is 0.428 e. The zero-order valence-electron chi connectivity index (χ0n) is 27.6. The van der Waals surface area contributed by atoms with E-state index < -0.39 is 34.9 Å². The molecule has 1 aliphatic rings. The van der Waals surface area contributed by atoms with E-state index in [1.807, 2.05) is 189 Å². The number of hydrogen-bond donors (Lipinski definition) is 0. The van der Waals surface area contributed by atoms with Gasteiger partial charge in [-0.15, -0.1) is 9.26 Å². The quantitative estimate of drug-likeness (QED) is 0.116. The minimum absolute atomic E-state index is 0.490. The van der Waals surface area contributed by atoms with Crippen LogP contribution in [0.4, 0.5) is 0 Å². The summed E-state index contributed by atoms with van der Waals surface area (Å²) in [5.74, 6) is 1.48. The summed E-state index contributed by atoms with van der Waals surface area (Å²) in [6, 6.07) is 56.4. The molecule has 7 rings (SSSR count). The van der Waals surface area contributed by atoms with Crippen molar-refractivity contribution in [3.63, 3.8) is 0 Å². The second-order valence-electron chi connectivity index (χ2n) is 11.1. The van der Waals surface area contributed by atoms with Crippen molar-refractivity contribution in [3.05, 3.63) is 182 Å². The molecule has 0 spiro atoms. The first-order chi connectivity index (χ1) is 25.1. The third-order valence-corrected chi connectivity index (χ3v) is 14.5. The zero-order valence-corrected chi connectivity index (χ0v) is 30.3. The highest BCUT2D eigenvalue weighted by Gasteiger charge is 2.50. The molecule has 3 atom stereocenters. The van der Waals surface area contributed by atoms with Crippen molar-refractivity contribution in [1.82, 2.24) is 0 Å². The van der Waals surface area contributed by atoms with E-state index in [1.54, 1.807) is 0 Å². The first-order valence-electron chi connectivity index (χ1n) is 16.2. The number of rotatable bonds is 12. The fraction of sp³-hybridized carbons (Fsp3) is 0.0769. The van der Waals surface area contributed by atoms with Crippen molar-refractivity contribution in [2.45, 2.75) is 18.7 Å². The van der Waals surface area contributed by atoms with E-state index in [9.17, 15) is 0 Å². The predicted octanol–water partition coefficient (Wildman–Crippen LogP) is 12.7. The van der Waals surface area contributed by atoms with Gasteiger partial charge < -0.3 is 22.8 Å². The van der Waals surface area contributed by atoms with Gasteiger partial charge in [0.15, 0.2) is 11.5 Å². The van der Waals surface area contributed by atoms with E-state index in [4.69, 9.17) is 41.4 Å². The third kappa shape index (κ3) is 8.89. The molecule has 6 aromatic rings. The van der Waals surface area contributed by atoms with E-state index in [0.717, 1.165) is 0 Å². The monoisotopic (exact) mass is 734 g/mol. The molecule has 0 N–H and O–H groups in total. The number of nitrogens with zero attached hydrogens (tertiary/aromatic N) is 3. The van der Waals surface area contributed by atoms with Gasteiger partial charge in [-0.2, -0.15) is 0 Å². The molecule has 12 heteroatoms. The molecule has 0 amide bonds. The predicted molar refractivity (Wildman–Crippen MR) is 204 cm³/mol. The fourth-order valence-electron chi connectivity index (χ4n) is 4.87. The lowest BCUT2D eigenvalue weighted by molar-refractivity contribution is 0.280. The lowest BCUT2D eigenvalue weighted by Crippen LogP contribution is -2.19. The van der Waals surface area contributed by atoms with Crippen LogP contribution in [0.5, 0.6) is 34.5 Å². The Morgan fingerprint density at radius 1 is 0.451 bits per heavy atom. The van der Waals surface area contributed by atoms with E-state index in [2.05, 4.69) is 0 Å². The topological polar surface area (TPSA) is 92.5 Å². The van der Waals surface area contributed by atoms with Crippen LogP contribution in [-0.2, 0) is 0 Å². The van der Waals surface area contributed by atoms with E-state index in [-0.39, 0.29) is 0 Å². The van der Waals surface area contributed by atoms with Crippen molar-refractivity contribution in [2.24, 2.45) is 14.0 Å². The molecule has 6 aromatic carbocycles. The Bertz CT molecular complexity index is 2060. The molecule has 9 nitrogen and oxygen atoms in total. The molecule has 0 radical (unpaired) electrons. The Morgan fingerprint density at radius 3 is 1.22 bits per heavy atom. The molecule has 51 heavy (non-hydrogen) atoms. The lowest BCUT2D eigenvalue weighted by Gasteiger charge is -2.31. The molecule has 0 saturated heterocycles. The second kappa shape index (κ2) is 16.1. The summed E-state index contributed by atoms with van der Waals surface area (Å²) in [5, 5.41) is 0. The van der Waals surface area contributed by atoms with Crippen LogP contribution in [0.15, 0.2) is 196 Å². The fourth-order valence-corrected chi connectivity index (χ4v) is 12.6. The first kappa shape index (κ1) is 34.1. The molecular formula is C39H35N3O6P3+. The Morgan fingerprint density at radius 2 is 0.804 bits per heavy atom. The summed E-state index contributed by atoms with van der Waals surface area (Å²) in [6.45, 7) is 1.91. The minimum atomic E-state index is -3.87. The van der Waals surface area contributed by atoms with Crippen LogP contribution in [0.3, 0.4) is 0 Å². The Labute approximate surface area is 298 Å². The SMILES string of the molecule is CC1N=[P+](Oc2ccccc2)C(Oc2ccccc2)N=P(Oc2ccccc2)(Oc2ccccc2)N=P1(Oc1ccccc1)Oc1ccccc1.